The first-order chi connectivity index (χ1) is 7.31. The van der Waals surface area contributed by atoms with Crippen molar-refractivity contribution in [1.82, 2.24) is 0 Å². The van der Waals surface area contributed by atoms with Crippen LogP contribution in [0.2, 0.25) is 0 Å². The van der Waals surface area contributed by atoms with Gasteiger partial charge in [-0.05, 0) is 20.3 Å². The van der Waals surface area contributed by atoms with Gasteiger partial charge in [-0.1, -0.05) is 6.92 Å². The lowest BCUT2D eigenvalue weighted by atomic mass is 10.3. The summed E-state index contributed by atoms with van der Waals surface area (Å²) >= 11 is 0. The third kappa shape index (κ3) is 4.20. The van der Waals surface area contributed by atoms with Crippen LogP contribution < -0.4 is 0 Å². The molecule has 0 amide bonds. The van der Waals surface area contributed by atoms with Crippen molar-refractivity contribution in [3.8, 4) is 0 Å². The van der Waals surface area contributed by atoms with Crippen LogP contribution in [0.25, 0.3) is 0 Å². The third-order valence-corrected chi connectivity index (χ3v) is 4.91. The van der Waals surface area contributed by atoms with Gasteiger partial charge < -0.3 is 18.3 Å². The minimum Gasteiger partial charge on any atom is -0.395 e. The van der Waals surface area contributed by atoms with Crippen LogP contribution in [0.1, 0.15) is 33.6 Å². The molecule has 0 spiro atoms. The van der Waals surface area contributed by atoms with Crippen LogP contribution in [0.3, 0.4) is 0 Å². The van der Waals surface area contributed by atoms with Gasteiger partial charge >= 0.3 is 9.28 Å². The number of ether oxygens (including phenoxy) is 2. The topological polar surface area (TPSA) is 36.9 Å². The van der Waals surface area contributed by atoms with Gasteiger partial charge in [0.1, 0.15) is 5.73 Å². The van der Waals surface area contributed by atoms with E-state index in [1.54, 1.807) is 0 Å². The van der Waals surface area contributed by atoms with Gasteiger partial charge in [-0.3, -0.25) is 0 Å². The van der Waals surface area contributed by atoms with Gasteiger partial charge in [-0.15, -0.1) is 0 Å². The molecule has 15 heavy (non-hydrogen) atoms. The fourth-order valence-electron chi connectivity index (χ4n) is 1.46. The van der Waals surface area contributed by atoms with Gasteiger partial charge in [0.05, 0.1) is 6.61 Å². The van der Waals surface area contributed by atoms with Crippen LogP contribution in [-0.4, -0.2) is 41.1 Å². The van der Waals surface area contributed by atoms with Gasteiger partial charge in [0, 0.05) is 19.6 Å². The normalized spacial score (nSPS) is 22.8. The monoisotopic (exact) mass is 234 g/mol. The molecule has 90 valence electrons. The molecule has 0 saturated carbocycles. The average Bonchev–Trinajstić information content (AvgIpc) is 2.17. The summed E-state index contributed by atoms with van der Waals surface area (Å²) in [6.45, 7) is 8.29. The van der Waals surface area contributed by atoms with Crippen molar-refractivity contribution < 1.29 is 18.3 Å². The summed E-state index contributed by atoms with van der Waals surface area (Å²) in [6.07, 6.45) is 1.90. The first kappa shape index (κ1) is 13.1. The van der Waals surface area contributed by atoms with E-state index in [2.05, 4.69) is 6.92 Å². The van der Waals surface area contributed by atoms with Gasteiger partial charge in [-0.25, -0.2) is 0 Å². The predicted octanol–water partition coefficient (Wildman–Crippen LogP) is 1.36. The highest BCUT2D eigenvalue weighted by atomic mass is 28.3. The van der Waals surface area contributed by atoms with Crippen LogP contribution in [0, 0.1) is 0 Å². The van der Waals surface area contributed by atoms with E-state index in [1.165, 1.54) is 0 Å². The molecular formula is C10H22O4Si. The van der Waals surface area contributed by atoms with Crippen molar-refractivity contribution in [2.45, 2.75) is 45.6 Å². The van der Waals surface area contributed by atoms with Crippen molar-refractivity contribution in [3.63, 3.8) is 0 Å². The van der Waals surface area contributed by atoms with Gasteiger partial charge in [-0.2, -0.15) is 0 Å². The highest BCUT2D eigenvalue weighted by Gasteiger charge is 2.30. The SMILES string of the molecule is CCO[SiH](OCC)C(CC)OC1CCO1. The molecule has 0 N–H and O–H groups in total. The van der Waals surface area contributed by atoms with Crippen LogP contribution in [-0.2, 0) is 18.3 Å². The van der Waals surface area contributed by atoms with E-state index in [0.717, 1.165) is 19.4 Å². The van der Waals surface area contributed by atoms with E-state index < -0.39 is 9.28 Å². The second-order valence-corrected chi connectivity index (χ2v) is 5.60. The van der Waals surface area contributed by atoms with E-state index in [0.29, 0.717) is 13.2 Å². The minimum absolute atomic E-state index is 0.0223. The Morgan fingerprint density at radius 1 is 1.27 bits per heavy atom. The Labute approximate surface area is 93.7 Å². The number of hydrogen-bond donors (Lipinski definition) is 0. The minimum atomic E-state index is -1.69. The summed E-state index contributed by atoms with van der Waals surface area (Å²) in [4.78, 5) is 0. The quantitative estimate of drug-likeness (QED) is 0.594. The molecule has 2 atom stereocenters. The van der Waals surface area contributed by atoms with Crippen LogP contribution in [0.5, 0.6) is 0 Å². The standard InChI is InChI=1S/C10H22O4Si/c1-4-10(14-9-7-8-11-9)15(12-5-2)13-6-3/h9-10,15H,4-8H2,1-3H3. The Kier molecular flexibility index (Phi) is 6.43. The molecule has 1 heterocycles. The molecule has 0 bridgehead atoms. The third-order valence-electron chi connectivity index (χ3n) is 2.35. The molecule has 0 aromatic carbocycles. The summed E-state index contributed by atoms with van der Waals surface area (Å²) in [7, 11) is -1.69. The molecule has 1 fully saturated rings. The van der Waals surface area contributed by atoms with Crippen LogP contribution in [0.4, 0.5) is 0 Å². The molecule has 0 aliphatic carbocycles. The van der Waals surface area contributed by atoms with Crippen molar-refractivity contribution in [2.75, 3.05) is 19.8 Å². The highest BCUT2D eigenvalue weighted by Crippen LogP contribution is 2.18. The van der Waals surface area contributed by atoms with E-state index in [1.807, 2.05) is 13.8 Å². The number of hydrogen-bond acceptors (Lipinski definition) is 4. The molecule has 1 rings (SSSR count). The molecule has 0 aromatic rings. The largest absolute Gasteiger partial charge is 0.395 e. The van der Waals surface area contributed by atoms with E-state index in [-0.39, 0.29) is 12.0 Å². The lowest BCUT2D eigenvalue weighted by molar-refractivity contribution is -0.227. The average molecular weight is 234 g/mol. The summed E-state index contributed by atoms with van der Waals surface area (Å²) in [5.41, 5.74) is 0.107. The molecule has 4 nitrogen and oxygen atoms in total. The summed E-state index contributed by atoms with van der Waals surface area (Å²) in [5, 5.41) is 0. The van der Waals surface area contributed by atoms with E-state index in [4.69, 9.17) is 18.3 Å². The van der Waals surface area contributed by atoms with Gasteiger partial charge in [0.2, 0.25) is 0 Å². The second-order valence-electron chi connectivity index (χ2n) is 3.45. The van der Waals surface area contributed by atoms with Crippen molar-refractivity contribution in [1.29, 1.82) is 0 Å². The van der Waals surface area contributed by atoms with Crippen molar-refractivity contribution in [3.05, 3.63) is 0 Å². The molecule has 0 aromatic heterocycles. The van der Waals surface area contributed by atoms with Crippen LogP contribution >= 0.6 is 0 Å². The van der Waals surface area contributed by atoms with Crippen molar-refractivity contribution >= 4 is 9.28 Å². The maximum absolute atomic E-state index is 5.79. The Balaban J connectivity index is 2.35. The van der Waals surface area contributed by atoms with Gasteiger partial charge in [0.15, 0.2) is 6.29 Å². The maximum Gasteiger partial charge on any atom is 0.351 e. The zero-order chi connectivity index (χ0) is 11.1. The maximum atomic E-state index is 5.79. The first-order valence-corrected chi connectivity index (χ1v) is 7.43. The molecule has 0 radical (unpaired) electrons. The zero-order valence-corrected chi connectivity index (χ0v) is 11.1. The fraction of sp³-hybridized carbons (Fsp3) is 1.00. The Bertz CT molecular complexity index is 158. The fourth-order valence-corrected chi connectivity index (χ4v) is 3.33. The van der Waals surface area contributed by atoms with E-state index in [9.17, 15) is 0 Å². The first-order valence-electron chi connectivity index (χ1n) is 5.82. The van der Waals surface area contributed by atoms with Gasteiger partial charge in [0.25, 0.3) is 0 Å². The van der Waals surface area contributed by atoms with Crippen molar-refractivity contribution in [2.24, 2.45) is 0 Å². The lowest BCUT2D eigenvalue weighted by Crippen LogP contribution is -2.44. The molecule has 5 heteroatoms. The smallest absolute Gasteiger partial charge is 0.351 e. The van der Waals surface area contributed by atoms with Crippen LogP contribution in [0.15, 0.2) is 0 Å². The molecular weight excluding hydrogens is 212 g/mol. The molecule has 1 aliphatic heterocycles. The Morgan fingerprint density at radius 3 is 2.20 bits per heavy atom. The summed E-state index contributed by atoms with van der Waals surface area (Å²) in [5.74, 6) is 0. The Hall–Kier alpha value is 0.0569. The van der Waals surface area contributed by atoms with E-state index >= 15 is 0 Å². The second kappa shape index (κ2) is 7.35. The summed E-state index contributed by atoms with van der Waals surface area (Å²) < 4.78 is 22.3. The Morgan fingerprint density at radius 2 is 1.87 bits per heavy atom. The summed E-state index contributed by atoms with van der Waals surface area (Å²) in [6, 6.07) is 0. The lowest BCUT2D eigenvalue weighted by Gasteiger charge is -2.32. The number of rotatable bonds is 8. The molecule has 1 saturated heterocycles. The predicted molar refractivity (Wildman–Crippen MR) is 59.9 cm³/mol. The molecule has 1 aliphatic rings. The molecule has 2 unspecified atom stereocenters. The zero-order valence-electron chi connectivity index (χ0n) is 9.90. The highest BCUT2D eigenvalue weighted by molar-refractivity contribution is 6.46.